The number of hydrogen-bond donors (Lipinski definition) is 1. The van der Waals surface area contributed by atoms with Crippen molar-refractivity contribution in [1.82, 2.24) is 9.78 Å². The first-order valence-electron chi connectivity index (χ1n) is 6.31. The molecule has 0 aromatic carbocycles. The maximum Gasteiger partial charge on any atom is 0.108 e. The summed E-state index contributed by atoms with van der Waals surface area (Å²) in [5, 5.41) is 15.2. The Hall–Kier alpha value is -0.390. The molecule has 0 radical (unpaired) electrons. The lowest BCUT2D eigenvalue weighted by atomic mass is 9.88. The minimum absolute atomic E-state index is 0.185. The molecule has 0 spiro atoms. The molecule has 2 rings (SSSR count). The smallest absolute Gasteiger partial charge is 0.108 e. The topological polar surface area (TPSA) is 47.3 Å². The van der Waals surface area contributed by atoms with Gasteiger partial charge in [0.1, 0.15) is 5.60 Å². The molecule has 1 aromatic rings. The van der Waals surface area contributed by atoms with Crippen LogP contribution in [0.25, 0.3) is 0 Å². The van der Waals surface area contributed by atoms with E-state index in [1.54, 1.807) is 13.3 Å². The fourth-order valence-electron chi connectivity index (χ4n) is 2.89. The molecule has 0 aliphatic heterocycles. The van der Waals surface area contributed by atoms with Crippen LogP contribution in [0.15, 0.2) is 10.7 Å². The summed E-state index contributed by atoms with van der Waals surface area (Å²) in [6.07, 6.45) is 4.36. The Labute approximate surface area is 116 Å². The fourth-order valence-corrected chi connectivity index (χ4v) is 3.55. The first-order chi connectivity index (χ1) is 8.38. The highest BCUT2D eigenvalue weighted by Gasteiger charge is 2.45. The molecule has 0 amide bonds. The van der Waals surface area contributed by atoms with Crippen molar-refractivity contribution in [2.45, 2.75) is 45.3 Å². The largest absolute Gasteiger partial charge is 0.384 e. The van der Waals surface area contributed by atoms with Crippen LogP contribution in [0.5, 0.6) is 0 Å². The van der Waals surface area contributed by atoms with Gasteiger partial charge in [-0.2, -0.15) is 5.10 Å². The first-order valence-corrected chi connectivity index (χ1v) is 7.10. The van der Waals surface area contributed by atoms with Gasteiger partial charge in [-0.05, 0) is 40.6 Å². The van der Waals surface area contributed by atoms with E-state index < -0.39 is 5.60 Å². The molecule has 4 nitrogen and oxygen atoms in total. The molecule has 1 aromatic heterocycles. The van der Waals surface area contributed by atoms with Gasteiger partial charge in [0.2, 0.25) is 0 Å². The molecule has 1 unspecified atom stereocenters. The highest BCUT2D eigenvalue weighted by atomic mass is 79.9. The molecule has 0 saturated heterocycles. The minimum atomic E-state index is -0.771. The predicted molar refractivity (Wildman–Crippen MR) is 73.3 cm³/mol. The van der Waals surface area contributed by atoms with Gasteiger partial charge in [0, 0.05) is 7.11 Å². The second-order valence-electron chi connectivity index (χ2n) is 5.93. The summed E-state index contributed by atoms with van der Waals surface area (Å²) in [6.45, 7) is 5.67. The lowest BCUT2D eigenvalue weighted by molar-refractivity contribution is 0.0227. The van der Waals surface area contributed by atoms with Gasteiger partial charge in [-0.1, -0.05) is 13.8 Å². The number of hydrogen-bond acceptors (Lipinski definition) is 3. The van der Waals surface area contributed by atoms with Crippen molar-refractivity contribution in [3.63, 3.8) is 0 Å². The maximum atomic E-state index is 10.9. The molecular weight excluding hydrogens is 296 g/mol. The molecule has 0 bridgehead atoms. The quantitative estimate of drug-likeness (QED) is 0.929. The lowest BCUT2D eigenvalue weighted by Crippen LogP contribution is -2.28. The zero-order chi connectivity index (χ0) is 13.4. The Morgan fingerprint density at radius 3 is 2.78 bits per heavy atom. The van der Waals surface area contributed by atoms with Crippen LogP contribution in [0, 0.1) is 5.41 Å². The van der Waals surface area contributed by atoms with Crippen LogP contribution in [-0.2, 0) is 16.9 Å². The zero-order valence-electron chi connectivity index (χ0n) is 11.2. The van der Waals surface area contributed by atoms with E-state index in [1.807, 2.05) is 4.68 Å². The fraction of sp³-hybridized carbons (Fsp3) is 0.769. The van der Waals surface area contributed by atoms with Crippen LogP contribution in [0.1, 0.15) is 38.8 Å². The number of rotatable bonds is 4. The van der Waals surface area contributed by atoms with Crippen LogP contribution >= 0.6 is 15.9 Å². The second-order valence-corrected chi connectivity index (χ2v) is 6.78. The zero-order valence-corrected chi connectivity index (χ0v) is 12.8. The molecule has 1 aliphatic carbocycles. The lowest BCUT2D eigenvalue weighted by Gasteiger charge is -2.26. The number of aromatic nitrogens is 2. The molecule has 18 heavy (non-hydrogen) atoms. The maximum absolute atomic E-state index is 10.9. The SMILES string of the molecule is COCCn1ncc(Br)c1C1(O)CCC(C)(C)C1. The normalized spacial score (nSPS) is 26.7. The van der Waals surface area contributed by atoms with Crippen molar-refractivity contribution in [3.8, 4) is 0 Å². The standard InChI is InChI=1S/C13H21BrN2O2/c1-12(2)4-5-13(17,9-12)11-10(14)8-15-16(11)6-7-18-3/h8,17H,4-7,9H2,1-3H3. The number of ether oxygens (including phenoxy) is 1. The van der Waals surface area contributed by atoms with Gasteiger partial charge in [0.25, 0.3) is 0 Å². The van der Waals surface area contributed by atoms with Crippen LogP contribution in [0.4, 0.5) is 0 Å². The van der Waals surface area contributed by atoms with E-state index in [4.69, 9.17) is 4.74 Å². The van der Waals surface area contributed by atoms with Gasteiger partial charge < -0.3 is 9.84 Å². The van der Waals surface area contributed by atoms with E-state index in [2.05, 4.69) is 34.9 Å². The van der Waals surface area contributed by atoms with E-state index >= 15 is 0 Å². The Morgan fingerprint density at radius 1 is 1.50 bits per heavy atom. The third-order valence-corrected chi connectivity index (χ3v) is 4.31. The Balaban J connectivity index is 2.29. The van der Waals surface area contributed by atoms with Crippen LogP contribution < -0.4 is 0 Å². The molecule has 1 N–H and O–H groups in total. The van der Waals surface area contributed by atoms with Crippen molar-refractivity contribution in [3.05, 3.63) is 16.4 Å². The molecule has 1 saturated carbocycles. The first kappa shape index (κ1) is 14.0. The summed E-state index contributed by atoms with van der Waals surface area (Å²) >= 11 is 3.51. The van der Waals surface area contributed by atoms with E-state index in [9.17, 15) is 5.11 Å². The second kappa shape index (κ2) is 4.94. The molecule has 1 fully saturated rings. The molecule has 1 aliphatic rings. The minimum Gasteiger partial charge on any atom is -0.384 e. The highest BCUT2D eigenvalue weighted by molar-refractivity contribution is 9.10. The highest BCUT2D eigenvalue weighted by Crippen LogP contribution is 2.50. The number of methoxy groups -OCH3 is 1. The van der Waals surface area contributed by atoms with Gasteiger partial charge in [-0.3, -0.25) is 4.68 Å². The summed E-state index contributed by atoms with van der Waals surface area (Å²) < 4.78 is 7.83. The van der Waals surface area contributed by atoms with Crippen LogP contribution in [0.2, 0.25) is 0 Å². The van der Waals surface area contributed by atoms with E-state index in [-0.39, 0.29) is 5.41 Å². The molecular formula is C13H21BrN2O2. The summed E-state index contributed by atoms with van der Waals surface area (Å²) in [5.74, 6) is 0. The number of aliphatic hydroxyl groups is 1. The summed E-state index contributed by atoms with van der Waals surface area (Å²) in [4.78, 5) is 0. The van der Waals surface area contributed by atoms with Crippen molar-refractivity contribution in [2.75, 3.05) is 13.7 Å². The molecule has 102 valence electrons. The van der Waals surface area contributed by atoms with Gasteiger partial charge in [-0.15, -0.1) is 0 Å². The summed E-state index contributed by atoms with van der Waals surface area (Å²) in [7, 11) is 1.67. The summed E-state index contributed by atoms with van der Waals surface area (Å²) in [6, 6.07) is 0. The van der Waals surface area contributed by atoms with E-state index in [0.717, 1.165) is 29.4 Å². The van der Waals surface area contributed by atoms with Gasteiger partial charge in [-0.25, -0.2) is 0 Å². The van der Waals surface area contributed by atoms with Crippen molar-refractivity contribution in [1.29, 1.82) is 0 Å². The van der Waals surface area contributed by atoms with Gasteiger partial charge in [0.05, 0.1) is 29.5 Å². The predicted octanol–water partition coefficient (Wildman–Crippen LogP) is 2.69. The van der Waals surface area contributed by atoms with E-state index in [0.29, 0.717) is 13.2 Å². The molecule has 5 heteroatoms. The van der Waals surface area contributed by atoms with Crippen molar-refractivity contribution in [2.24, 2.45) is 5.41 Å². The average molecular weight is 317 g/mol. The van der Waals surface area contributed by atoms with Gasteiger partial charge in [0.15, 0.2) is 0 Å². The Bertz CT molecular complexity index is 431. The molecule has 1 heterocycles. The Morgan fingerprint density at radius 2 is 2.22 bits per heavy atom. The monoisotopic (exact) mass is 316 g/mol. The third-order valence-electron chi connectivity index (χ3n) is 3.73. The third kappa shape index (κ3) is 2.63. The molecule has 1 atom stereocenters. The van der Waals surface area contributed by atoms with Crippen molar-refractivity contribution < 1.29 is 9.84 Å². The van der Waals surface area contributed by atoms with Crippen LogP contribution in [0.3, 0.4) is 0 Å². The average Bonchev–Trinajstić information content (AvgIpc) is 2.77. The van der Waals surface area contributed by atoms with Crippen LogP contribution in [-0.4, -0.2) is 28.6 Å². The van der Waals surface area contributed by atoms with E-state index in [1.165, 1.54) is 0 Å². The summed E-state index contributed by atoms with van der Waals surface area (Å²) in [5.41, 5.74) is 0.307. The Kier molecular flexibility index (Phi) is 3.85. The number of halogens is 1. The van der Waals surface area contributed by atoms with Gasteiger partial charge >= 0.3 is 0 Å². The number of nitrogens with zero attached hydrogens (tertiary/aromatic N) is 2. The van der Waals surface area contributed by atoms with Crippen molar-refractivity contribution >= 4 is 15.9 Å².